The highest BCUT2D eigenvalue weighted by molar-refractivity contribution is 7.09. The molecule has 1 aromatic heterocycles. The molecule has 6 nitrogen and oxygen atoms in total. The lowest BCUT2D eigenvalue weighted by molar-refractivity contribution is -0.147. The highest BCUT2D eigenvalue weighted by Gasteiger charge is 2.12. The molecule has 1 heterocycles. The van der Waals surface area contributed by atoms with Gasteiger partial charge in [0.2, 0.25) is 5.91 Å². The topological polar surface area (TPSA) is 77.5 Å². The molecule has 35 heavy (non-hydrogen) atoms. The zero-order valence-corrected chi connectivity index (χ0v) is 20.0. The number of thiazole rings is 1. The molecule has 4 rings (SSSR count). The number of hydrogen-bond acceptors (Lipinski definition) is 6. The maximum absolute atomic E-state index is 12.2. The molecule has 0 unspecified atom stereocenters. The van der Waals surface area contributed by atoms with Crippen molar-refractivity contribution in [3.63, 3.8) is 0 Å². The Morgan fingerprint density at radius 1 is 0.857 bits per heavy atom. The van der Waals surface area contributed by atoms with Gasteiger partial charge in [-0.1, -0.05) is 78.9 Å². The molecule has 4 aromatic rings. The molecule has 7 heteroatoms. The van der Waals surface area contributed by atoms with Crippen molar-refractivity contribution < 1.29 is 19.1 Å². The SMILES string of the molecule is O=C(Cc1nc(COC(=O)COc2ccccc2Cc2ccccc2)cs1)NCc1ccccc1. The van der Waals surface area contributed by atoms with Gasteiger partial charge in [-0.25, -0.2) is 9.78 Å². The quantitative estimate of drug-likeness (QED) is 0.311. The van der Waals surface area contributed by atoms with Crippen LogP contribution in [0.2, 0.25) is 0 Å². The summed E-state index contributed by atoms with van der Waals surface area (Å²) in [6.07, 6.45) is 0.902. The summed E-state index contributed by atoms with van der Waals surface area (Å²) in [5, 5.41) is 5.35. The first-order valence-electron chi connectivity index (χ1n) is 11.3. The first-order chi connectivity index (χ1) is 17.2. The molecule has 0 fully saturated rings. The highest BCUT2D eigenvalue weighted by Crippen LogP contribution is 2.21. The van der Waals surface area contributed by atoms with Crippen molar-refractivity contribution in [2.24, 2.45) is 0 Å². The smallest absolute Gasteiger partial charge is 0.344 e. The van der Waals surface area contributed by atoms with Gasteiger partial charge >= 0.3 is 5.97 Å². The van der Waals surface area contributed by atoms with Crippen LogP contribution in [0, 0.1) is 0 Å². The van der Waals surface area contributed by atoms with Gasteiger partial charge in [0.15, 0.2) is 6.61 Å². The molecule has 0 bridgehead atoms. The van der Waals surface area contributed by atoms with Crippen LogP contribution in [0.15, 0.2) is 90.3 Å². The second-order valence-corrected chi connectivity index (χ2v) is 8.83. The molecule has 0 saturated heterocycles. The Morgan fingerprint density at radius 2 is 1.54 bits per heavy atom. The van der Waals surface area contributed by atoms with Crippen molar-refractivity contribution in [1.82, 2.24) is 10.3 Å². The molecule has 1 N–H and O–H groups in total. The van der Waals surface area contributed by atoms with Crippen LogP contribution >= 0.6 is 11.3 Å². The van der Waals surface area contributed by atoms with Crippen LogP contribution in [0.25, 0.3) is 0 Å². The van der Waals surface area contributed by atoms with Crippen LogP contribution in [-0.2, 0) is 40.3 Å². The number of carbonyl (C=O) groups is 2. The highest BCUT2D eigenvalue weighted by atomic mass is 32.1. The number of nitrogens with zero attached hydrogens (tertiary/aromatic N) is 1. The molecule has 0 atom stereocenters. The molecular weight excluding hydrogens is 460 g/mol. The number of esters is 1. The van der Waals surface area contributed by atoms with Crippen LogP contribution in [-0.4, -0.2) is 23.5 Å². The van der Waals surface area contributed by atoms with Crippen LogP contribution in [0.5, 0.6) is 5.75 Å². The zero-order chi connectivity index (χ0) is 24.3. The first-order valence-corrected chi connectivity index (χ1v) is 12.2. The number of benzene rings is 3. The van der Waals surface area contributed by atoms with Gasteiger partial charge in [-0.05, 0) is 22.8 Å². The fourth-order valence-corrected chi connectivity index (χ4v) is 4.21. The second-order valence-electron chi connectivity index (χ2n) is 7.89. The predicted octanol–water partition coefficient (Wildman–Crippen LogP) is 4.72. The Kier molecular flexibility index (Phi) is 8.62. The van der Waals surface area contributed by atoms with Crippen molar-refractivity contribution >= 4 is 23.2 Å². The van der Waals surface area contributed by atoms with Gasteiger partial charge in [0.05, 0.1) is 12.1 Å². The van der Waals surface area contributed by atoms with Crippen molar-refractivity contribution in [3.05, 3.63) is 118 Å². The van der Waals surface area contributed by atoms with E-state index in [0.717, 1.165) is 11.1 Å². The molecule has 0 aliphatic rings. The number of amides is 1. The Bertz CT molecular complexity index is 1240. The average molecular weight is 487 g/mol. The van der Waals surface area contributed by atoms with E-state index in [4.69, 9.17) is 9.47 Å². The Balaban J connectivity index is 1.20. The zero-order valence-electron chi connectivity index (χ0n) is 19.2. The van der Waals surface area contributed by atoms with E-state index in [1.165, 1.54) is 16.9 Å². The Hall–Kier alpha value is -3.97. The predicted molar refractivity (Wildman–Crippen MR) is 135 cm³/mol. The van der Waals surface area contributed by atoms with Crippen molar-refractivity contribution in [3.8, 4) is 5.75 Å². The summed E-state index contributed by atoms with van der Waals surface area (Å²) >= 11 is 1.37. The normalized spacial score (nSPS) is 10.5. The van der Waals surface area contributed by atoms with Gasteiger partial charge in [0.25, 0.3) is 0 Å². The van der Waals surface area contributed by atoms with E-state index in [1.807, 2.05) is 72.8 Å². The van der Waals surface area contributed by atoms with Crippen LogP contribution in [0.3, 0.4) is 0 Å². The lowest BCUT2D eigenvalue weighted by atomic mass is 10.0. The second kappa shape index (κ2) is 12.5. The van der Waals surface area contributed by atoms with E-state index in [2.05, 4.69) is 22.4 Å². The number of nitrogens with one attached hydrogen (secondary N) is 1. The molecule has 0 radical (unpaired) electrons. The number of para-hydroxylation sites is 1. The summed E-state index contributed by atoms with van der Waals surface area (Å²) < 4.78 is 11.0. The monoisotopic (exact) mass is 486 g/mol. The number of carbonyl (C=O) groups excluding carboxylic acids is 2. The molecule has 3 aromatic carbocycles. The minimum Gasteiger partial charge on any atom is -0.482 e. The van der Waals surface area contributed by atoms with Gasteiger partial charge in [-0.3, -0.25) is 4.79 Å². The van der Waals surface area contributed by atoms with E-state index in [1.54, 1.807) is 5.38 Å². The van der Waals surface area contributed by atoms with Crippen molar-refractivity contribution in [2.45, 2.75) is 26.0 Å². The fourth-order valence-electron chi connectivity index (χ4n) is 3.43. The fraction of sp³-hybridized carbons (Fsp3) is 0.179. The van der Waals surface area contributed by atoms with Gasteiger partial charge < -0.3 is 14.8 Å². The third-order valence-corrected chi connectivity index (χ3v) is 6.08. The van der Waals surface area contributed by atoms with E-state index in [0.29, 0.717) is 29.4 Å². The minimum atomic E-state index is -0.477. The Morgan fingerprint density at radius 3 is 2.31 bits per heavy atom. The summed E-state index contributed by atoms with van der Waals surface area (Å²) in [6.45, 7) is 0.324. The minimum absolute atomic E-state index is 0.0377. The number of rotatable bonds is 11. The third kappa shape index (κ3) is 7.79. The summed E-state index contributed by atoms with van der Waals surface area (Å²) in [7, 11) is 0. The number of aromatic nitrogens is 1. The van der Waals surface area contributed by atoms with Crippen LogP contribution in [0.1, 0.15) is 27.4 Å². The summed E-state index contributed by atoms with van der Waals surface area (Å²) in [4.78, 5) is 28.8. The van der Waals surface area contributed by atoms with Gasteiger partial charge in [-0.15, -0.1) is 11.3 Å². The molecule has 0 aliphatic carbocycles. The standard InChI is InChI=1S/C28H26N2O4S/c31-26(29-17-22-11-5-2-6-12-22)16-27-30-24(20-35-27)18-34-28(32)19-33-25-14-8-7-13-23(25)15-21-9-3-1-4-10-21/h1-14,20H,15-19H2,(H,29,31). The van der Waals surface area contributed by atoms with E-state index in [9.17, 15) is 9.59 Å². The molecule has 0 spiro atoms. The van der Waals surface area contributed by atoms with Gasteiger partial charge in [-0.2, -0.15) is 0 Å². The summed E-state index contributed by atoms with van der Waals surface area (Å²) in [5.41, 5.74) is 3.82. The lowest BCUT2D eigenvalue weighted by Gasteiger charge is -2.11. The molecule has 0 saturated carbocycles. The van der Waals surface area contributed by atoms with Crippen molar-refractivity contribution in [1.29, 1.82) is 0 Å². The first kappa shape index (κ1) is 24.2. The van der Waals surface area contributed by atoms with Gasteiger partial charge in [0.1, 0.15) is 17.4 Å². The van der Waals surface area contributed by atoms with E-state index in [-0.39, 0.29) is 25.5 Å². The largest absolute Gasteiger partial charge is 0.482 e. The molecule has 0 aliphatic heterocycles. The van der Waals surface area contributed by atoms with E-state index >= 15 is 0 Å². The van der Waals surface area contributed by atoms with Crippen LogP contribution < -0.4 is 10.1 Å². The maximum Gasteiger partial charge on any atom is 0.344 e. The molecule has 178 valence electrons. The molecular formula is C28H26N2O4S. The summed E-state index contributed by atoms with van der Waals surface area (Å²) in [5.74, 6) is 0.0785. The Labute approximate surface area is 208 Å². The van der Waals surface area contributed by atoms with E-state index < -0.39 is 5.97 Å². The van der Waals surface area contributed by atoms with Gasteiger partial charge in [0, 0.05) is 18.3 Å². The lowest BCUT2D eigenvalue weighted by Crippen LogP contribution is -2.24. The average Bonchev–Trinajstić information content (AvgIpc) is 3.34. The van der Waals surface area contributed by atoms with Crippen LogP contribution in [0.4, 0.5) is 0 Å². The third-order valence-electron chi connectivity index (χ3n) is 5.18. The number of ether oxygens (including phenoxy) is 2. The summed E-state index contributed by atoms with van der Waals surface area (Å²) in [6, 6.07) is 27.5. The van der Waals surface area contributed by atoms with Crippen molar-refractivity contribution in [2.75, 3.05) is 6.61 Å². The maximum atomic E-state index is 12.2. The number of hydrogen-bond donors (Lipinski definition) is 1. The molecule has 1 amide bonds.